The van der Waals surface area contributed by atoms with Gasteiger partial charge in [-0.25, -0.2) is 0 Å². The minimum atomic E-state index is 0.130. The van der Waals surface area contributed by atoms with E-state index in [1.54, 1.807) is 18.2 Å². The van der Waals surface area contributed by atoms with Gasteiger partial charge in [-0.3, -0.25) is 5.84 Å². The lowest BCUT2D eigenvalue weighted by Crippen LogP contribution is -2.26. The normalized spacial score (nSPS) is 14.9. The van der Waals surface area contributed by atoms with Crippen molar-refractivity contribution in [2.45, 2.75) is 0 Å². The molecule has 0 unspecified atom stereocenters. The van der Waals surface area contributed by atoms with E-state index in [-0.39, 0.29) is 6.79 Å². The van der Waals surface area contributed by atoms with Gasteiger partial charge in [-0.2, -0.15) is 0 Å². The van der Waals surface area contributed by atoms with E-state index in [1.165, 1.54) is 19.5 Å². The average Bonchev–Trinajstić information content (AvgIpc) is 3.01. The van der Waals surface area contributed by atoms with E-state index < -0.39 is 0 Å². The molecule has 0 fully saturated rings. The Morgan fingerprint density at radius 1 is 1.32 bits per heavy atom. The largest absolute Gasteiger partial charge is 0.493 e. The average molecular weight is 305 g/mol. The third-order valence-corrected chi connectivity index (χ3v) is 3.13. The lowest BCUT2D eigenvalue weighted by atomic mass is 10.1. The molecule has 1 heterocycles. The molecule has 0 aliphatic carbocycles. The number of allylic oxidation sites excluding steroid dienone is 1. The third kappa shape index (κ3) is 2.72. The van der Waals surface area contributed by atoms with Gasteiger partial charge < -0.3 is 36.8 Å². The van der Waals surface area contributed by atoms with Gasteiger partial charge in [0.1, 0.15) is 0 Å². The first-order valence-corrected chi connectivity index (χ1v) is 6.41. The van der Waals surface area contributed by atoms with Crippen LogP contribution in [-0.4, -0.2) is 13.9 Å². The predicted molar refractivity (Wildman–Crippen MR) is 83.1 cm³/mol. The van der Waals surface area contributed by atoms with Crippen molar-refractivity contribution in [2.75, 3.05) is 13.9 Å². The fraction of sp³-hybridized carbons (Fsp3) is 0.143. The van der Waals surface area contributed by atoms with Crippen LogP contribution in [0.2, 0.25) is 0 Å². The SMILES string of the molecule is COc1cc(\C(N)=C(NN)/C(/C=C\N)=C/N)cc2c1OCO2. The molecule has 118 valence electrons. The second-order valence-electron chi connectivity index (χ2n) is 4.33. The van der Waals surface area contributed by atoms with Gasteiger partial charge in [-0.15, -0.1) is 0 Å². The number of hydrazine groups is 1. The van der Waals surface area contributed by atoms with Crippen molar-refractivity contribution in [3.05, 3.63) is 47.4 Å². The third-order valence-electron chi connectivity index (χ3n) is 3.13. The first-order valence-electron chi connectivity index (χ1n) is 6.41. The number of benzene rings is 1. The van der Waals surface area contributed by atoms with Gasteiger partial charge in [-0.1, -0.05) is 0 Å². The Kier molecular flexibility index (Phi) is 4.64. The molecule has 8 heteroatoms. The molecule has 0 saturated carbocycles. The Balaban J connectivity index is 2.56. The maximum Gasteiger partial charge on any atom is 0.231 e. The summed E-state index contributed by atoms with van der Waals surface area (Å²) in [6.45, 7) is 0.130. The van der Waals surface area contributed by atoms with Crippen LogP contribution in [0.25, 0.3) is 5.70 Å². The van der Waals surface area contributed by atoms with Gasteiger partial charge >= 0.3 is 0 Å². The molecule has 1 aromatic carbocycles. The molecule has 9 N–H and O–H groups in total. The lowest BCUT2D eigenvalue weighted by molar-refractivity contribution is 0.171. The summed E-state index contributed by atoms with van der Waals surface area (Å²) >= 11 is 0. The Labute approximate surface area is 127 Å². The molecule has 2 rings (SSSR count). The van der Waals surface area contributed by atoms with Crippen LogP contribution < -0.4 is 42.7 Å². The van der Waals surface area contributed by atoms with Crippen molar-refractivity contribution in [3.63, 3.8) is 0 Å². The van der Waals surface area contributed by atoms with Crippen LogP contribution in [0.4, 0.5) is 0 Å². The van der Waals surface area contributed by atoms with Crippen LogP contribution in [-0.2, 0) is 0 Å². The molecule has 0 spiro atoms. The number of hydrogen-bond donors (Lipinski definition) is 5. The summed E-state index contributed by atoms with van der Waals surface area (Å²) in [5, 5.41) is 0. The molecule has 0 bridgehead atoms. The summed E-state index contributed by atoms with van der Waals surface area (Å²) in [4.78, 5) is 0. The smallest absolute Gasteiger partial charge is 0.231 e. The highest BCUT2D eigenvalue weighted by Gasteiger charge is 2.21. The van der Waals surface area contributed by atoms with E-state index in [1.807, 2.05) is 0 Å². The van der Waals surface area contributed by atoms with Gasteiger partial charge in [0.15, 0.2) is 11.5 Å². The van der Waals surface area contributed by atoms with Crippen LogP contribution in [0.15, 0.2) is 41.9 Å². The highest BCUT2D eigenvalue weighted by molar-refractivity contribution is 5.74. The van der Waals surface area contributed by atoms with Crippen LogP contribution in [0, 0.1) is 0 Å². The Morgan fingerprint density at radius 2 is 2.09 bits per heavy atom. The number of nitrogens with two attached hydrogens (primary N) is 4. The Morgan fingerprint density at radius 3 is 2.68 bits per heavy atom. The zero-order valence-corrected chi connectivity index (χ0v) is 12.1. The summed E-state index contributed by atoms with van der Waals surface area (Å²) in [7, 11) is 1.53. The van der Waals surface area contributed by atoms with E-state index in [9.17, 15) is 0 Å². The van der Waals surface area contributed by atoms with Crippen molar-refractivity contribution in [3.8, 4) is 17.2 Å². The number of fused-ring (bicyclic) bond motifs is 1. The zero-order chi connectivity index (χ0) is 16.1. The molecular formula is C14H19N5O3. The second kappa shape index (κ2) is 6.64. The summed E-state index contributed by atoms with van der Waals surface area (Å²) < 4.78 is 16.0. The van der Waals surface area contributed by atoms with Gasteiger partial charge in [0.05, 0.1) is 18.5 Å². The fourth-order valence-corrected chi connectivity index (χ4v) is 2.07. The maximum absolute atomic E-state index is 6.19. The minimum absolute atomic E-state index is 0.130. The molecule has 1 aliphatic rings. The van der Waals surface area contributed by atoms with Crippen LogP contribution in [0.5, 0.6) is 17.2 Å². The summed E-state index contributed by atoms with van der Waals surface area (Å²) in [5.74, 6) is 7.15. The van der Waals surface area contributed by atoms with Gasteiger partial charge in [0, 0.05) is 17.3 Å². The Hall–Kier alpha value is -3.00. The van der Waals surface area contributed by atoms with Crippen LogP contribution in [0.1, 0.15) is 5.56 Å². The number of methoxy groups -OCH3 is 1. The maximum atomic E-state index is 6.19. The van der Waals surface area contributed by atoms with Crippen molar-refractivity contribution in [1.82, 2.24) is 5.43 Å². The molecule has 22 heavy (non-hydrogen) atoms. The van der Waals surface area contributed by atoms with Crippen molar-refractivity contribution >= 4 is 5.70 Å². The van der Waals surface area contributed by atoms with E-state index >= 15 is 0 Å². The molecule has 1 aliphatic heterocycles. The number of nitrogens with one attached hydrogen (secondary N) is 1. The molecule has 0 radical (unpaired) electrons. The van der Waals surface area contributed by atoms with E-state index in [0.29, 0.717) is 39.8 Å². The van der Waals surface area contributed by atoms with Crippen LogP contribution >= 0.6 is 0 Å². The summed E-state index contributed by atoms with van der Waals surface area (Å²) in [5.41, 5.74) is 21.6. The van der Waals surface area contributed by atoms with Crippen LogP contribution in [0.3, 0.4) is 0 Å². The first-order chi connectivity index (χ1) is 10.7. The molecule has 1 aromatic rings. The summed E-state index contributed by atoms with van der Waals surface area (Å²) in [6.07, 6.45) is 4.26. The topological polar surface area (TPSA) is 144 Å². The van der Waals surface area contributed by atoms with Gasteiger partial charge in [-0.05, 0) is 24.4 Å². The van der Waals surface area contributed by atoms with E-state index in [4.69, 9.17) is 37.3 Å². The molecular weight excluding hydrogens is 286 g/mol. The minimum Gasteiger partial charge on any atom is -0.493 e. The molecule has 0 aromatic heterocycles. The zero-order valence-electron chi connectivity index (χ0n) is 12.1. The molecule has 0 amide bonds. The second-order valence-corrected chi connectivity index (χ2v) is 4.33. The monoisotopic (exact) mass is 305 g/mol. The summed E-state index contributed by atoms with van der Waals surface area (Å²) in [6, 6.07) is 3.46. The highest BCUT2D eigenvalue weighted by atomic mass is 16.7. The number of ether oxygens (including phenoxy) is 3. The van der Waals surface area contributed by atoms with Gasteiger partial charge in [0.25, 0.3) is 0 Å². The van der Waals surface area contributed by atoms with Gasteiger partial charge in [0.2, 0.25) is 12.5 Å². The predicted octanol–water partition coefficient (Wildman–Crippen LogP) is -0.171. The quantitative estimate of drug-likeness (QED) is 0.286. The van der Waals surface area contributed by atoms with Crippen molar-refractivity contribution in [1.29, 1.82) is 0 Å². The first kappa shape index (κ1) is 15.4. The number of hydrogen-bond acceptors (Lipinski definition) is 8. The van der Waals surface area contributed by atoms with E-state index in [0.717, 1.165) is 0 Å². The number of rotatable bonds is 5. The molecule has 0 saturated heterocycles. The standard InChI is InChI=1S/C14H19N5O3/c1-20-10-4-9(5-11-14(10)22-7-21-11)12(17)13(19-18)8(6-16)2-3-15/h2-6,19H,7,15-18H2,1H3/b3-2-,8-6+,13-12-. The van der Waals surface area contributed by atoms with Crippen molar-refractivity contribution < 1.29 is 14.2 Å². The highest BCUT2D eigenvalue weighted by Crippen LogP contribution is 2.43. The molecule has 0 atom stereocenters. The van der Waals surface area contributed by atoms with Crippen molar-refractivity contribution in [2.24, 2.45) is 23.0 Å². The lowest BCUT2D eigenvalue weighted by Gasteiger charge is -2.14. The fourth-order valence-electron chi connectivity index (χ4n) is 2.07. The van der Waals surface area contributed by atoms with E-state index in [2.05, 4.69) is 5.43 Å². The molecule has 8 nitrogen and oxygen atoms in total. The Bertz CT molecular complexity index is 652.